The number of furan rings is 1. The third kappa shape index (κ3) is 4.49. The summed E-state index contributed by atoms with van der Waals surface area (Å²) in [5, 5.41) is 11.9. The largest absolute Gasteiger partial charge is 0.469 e. The number of aromatic nitrogens is 3. The Hall–Kier alpha value is -3.12. The van der Waals surface area contributed by atoms with Gasteiger partial charge in [-0.15, -0.1) is 21.5 Å². The van der Waals surface area contributed by atoms with Crippen molar-refractivity contribution >= 4 is 45.9 Å². The number of thioether (sulfide) groups is 1. The van der Waals surface area contributed by atoms with Crippen molar-refractivity contribution in [3.05, 3.63) is 34.1 Å². The molecule has 3 N–H and O–H groups in total. The van der Waals surface area contributed by atoms with E-state index in [1.807, 2.05) is 24.5 Å². The lowest BCUT2D eigenvalue weighted by atomic mass is 10.1. The van der Waals surface area contributed by atoms with E-state index >= 15 is 0 Å². The van der Waals surface area contributed by atoms with E-state index in [2.05, 4.69) is 15.5 Å². The number of hydrogen-bond acceptors (Lipinski definition) is 9. The molecule has 12 heteroatoms. The van der Waals surface area contributed by atoms with Gasteiger partial charge in [-0.2, -0.15) is 0 Å². The Balaban J connectivity index is 1.77. The lowest BCUT2D eigenvalue weighted by Crippen LogP contribution is -2.16. The number of hydrogen-bond donors (Lipinski definition) is 2. The number of nitrogens with two attached hydrogens (primary N) is 1. The first-order valence-electron chi connectivity index (χ1n) is 9.20. The molecule has 0 fully saturated rings. The minimum Gasteiger partial charge on any atom is -0.469 e. The number of amides is 2. The molecule has 10 nitrogen and oxygen atoms in total. The average Bonchev–Trinajstić information content (AvgIpc) is 3.42. The number of rotatable bonds is 8. The van der Waals surface area contributed by atoms with Gasteiger partial charge in [-0.1, -0.05) is 11.8 Å². The highest BCUT2D eigenvalue weighted by Gasteiger charge is 2.25. The van der Waals surface area contributed by atoms with Gasteiger partial charge in [0.15, 0.2) is 11.0 Å². The Morgan fingerprint density at radius 1 is 1.32 bits per heavy atom. The van der Waals surface area contributed by atoms with Gasteiger partial charge in [0, 0.05) is 6.54 Å². The predicted molar refractivity (Wildman–Crippen MR) is 116 cm³/mol. The molecule has 3 heterocycles. The molecular weight excluding hydrogens is 442 g/mol. The van der Waals surface area contributed by atoms with Gasteiger partial charge >= 0.3 is 5.97 Å². The van der Waals surface area contributed by atoms with E-state index in [1.54, 1.807) is 13.2 Å². The number of nitrogens with one attached hydrogen (secondary N) is 1. The molecule has 0 aromatic carbocycles. The van der Waals surface area contributed by atoms with Crippen molar-refractivity contribution in [3.8, 4) is 11.4 Å². The quantitative estimate of drug-likeness (QED) is 0.383. The van der Waals surface area contributed by atoms with Crippen molar-refractivity contribution in [3.63, 3.8) is 0 Å². The number of methoxy groups -OCH3 is 1. The number of primary amides is 1. The van der Waals surface area contributed by atoms with Crippen molar-refractivity contribution in [2.75, 3.05) is 18.2 Å². The van der Waals surface area contributed by atoms with Crippen LogP contribution in [0.15, 0.2) is 21.9 Å². The molecule has 0 radical (unpaired) electrons. The third-order valence-electron chi connectivity index (χ3n) is 4.48. The molecule has 2 amide bonds. The van der Waals surface area contributed by atoms with Crippen LogP contribution in [0.2, 0.25) is 0 Å². The number of aryl methyl sites for hydroxylation is 1. The standard InChI is InChI=1S/C19H21N5O5S2/c1-5-24-16(11-6-7-29-10(11)3)22-23-19(24)30-8-12(25)21-17-13(18(27)28-4)9(2)14(31-17)15(20)26/h6-7H,5,8H2,1-4H3,(H2,20,26)(H,21,25). The van der Waals surface area contributed by atoms with Crippen LogP contribution in [0.25, 0.3) is 11.4 Å². The zero-order valence-electron chi connectivity index (χ0n) is 17.3. The van der Waals surface area contributed by atoms with Crippen LogP contribution in [0.4, 0.5) is 5.00 Å². The summed E-state index contributed by atoms with van der Waals surface area (Å²) >= 11 is 2.14. The maximum Gasteiger partial charge on any atom is 0.341 e. The second-order valence-corrected chi connectivity index (χ2v) is 8.36. The topological polar surface area (TPSA) is 142 Å². The Labute approximate surface area is 186 Å². The summed E-state index contributed by atoms with van der Waals surface area (Å²) in [5.74, 6) is -0.309. The number of esters is 1. The van der Waals surface area contributed by atoms with Crippen molar-refractivity contribution in [2.45, 2.75) is 32.5 Å². The number of nitrogens with zero attached hydrogens (tertiary/aromatic N) is 3. The van der Waals surface area contributed by atoms with E-state index in [0.717, 1.165) is 22.7 Å². The van der Waals surface area contributed by atoms with E-state index in [9.17, 15) is 14.4 Å². The van der Waals surface area contributed by atoms with Crippen LogP contribution in [0.3, 0.4) is 0 Å². The third-order valence-corrected chi connectivity index (χ3v) is 6.67. The fourth-order valence-corrected chi connectivity index (χ4v) is 4.84. The first-order valence-corrected chi connectivity index (χ1v) is 11.0. The summed E-state index contributed by atoms with van der Waals surface area (Å²) in [7, 11) is 1.22. The van der Waals surface area contributed by atoms with Crippen LogP contribution in [0.1, 0.15) is 38.3 Å². The van der Waals surface area contributed by atoms with E-state index in [1.165, 1.54) is 18.9 Å². The van der Waals surface area contributed by atoms with E-state index in [-0.39, 0.29) is 27.1 Å². The highest BCUT2D eigenvalue weighted by atomic mass is 32.2. The lowest BCUT2D eigenvalue weighted by Gasteiger charge is -2.08. The van der Waals surface area contributed by atoms with Gasteiger partial charge in [-0.05, 0) is 32.4 Å². The van der Waals surface area contributed by atoms with Gasteiger partial charge in [0.1, 0.15) is 10.8 Å². The first-order chi connectivity index (χ1) is 14.8. The summed E-state index contributed by atoms with van der Waals surface area (Å²) < 4.78 is 12.0. The molecule has 0 atom stereocenters. The van der Waals surface area contributed by atoms with Crippen LogP contribution >= 0.6 is 23.1 Å². The maximum absolute atomic E-state index is 12.6. The fraction of sp³-hybridized carbons (Fsp3) is 0.316. The normalized spacial score (nSPS) is 10.8. The van der Waals surface area contributed by atoms with Crippen LogP contribution in [-0.4, -0.2) is 45.4 Å². The van der Waals surface area contributed by atoms with Crippen LogP contribution in [0.5, 0.6) is 0 Å². The molecule has 0 saturated heterocycles. The molecule has 3 aromatic heterocycles. The summed E-state index contributed by atoms with van der Waals surface area (Å²) in [6.45, 7) is 5.98. The number of carbonyl (C=O) groups is 3. The van der Waals surface area contributed by atoms with Gasteiger partial charge < -0.3 is 24.8 Å². The molecule has 0 aliphatic rings. The van der Waals surface area contributed by atoms with Crippen LogP contribution < -0.4 is 11.1 Å². The Morgan fingerprint density at radius 3 is 2.65 bits per heavy atom. The molecule has 31 heavy (non-hydrogen) atoms. The molecule has 3 rings (SSSR count). The van der Waals surface area contributed by atoms with Crippen molar-refractivity contribution in [1.29, 1.82) is 0 Å². The van der Waals surface area contributed by atoms with Crippen molar-refractivity contribution < 1.29 is 23.5 Å². The first kappa shape index (κ1) is 22.6. The van der Waals surface area contributed by atoms with Gasteiger partial charge in [0.05, 0.1) is 35.1 Å². The zero-order chi connectivity index (χ0) is 22.7. The Morgan fingerprint density at radius 2 is 2.06 bits per heavy atom. The van der Waals surface area contributed by atoms with Gasteiger partial charge in [0.2, 0.25) is 5.91 Å². The lowest BCUT2D eigenvalue weighted by molar-refractivity contribution is -0.113. The molecule has 0 saturated carbocycles. The Kier molecular flexibility index (Phi) is 6.81. The maximum atomic E-state index is 12.6. The minimum atomic E-state index is -0.680. The fourth-order valence-electron chi connectivity index (χ4n) is 2.97. The van der Waals surface area contributed by atoms with Crippen molar-refractivity contribution in [1.82, 2.24) is 14.8 Å². The van der Waals surface area contributed by atoms with E-state index in [4.69, 9.17) is 14.9 Å². The molecule has 0 spiro atoms. The molecule has 3 aromatic rings. The number of ether oxygens (including phenoxy) is 1. The molecule has 164 valence electrons. The summed E-state index contributed by atoms with van der Waals surface area (Å²) in [6.07, 6.45) is 1.59. The number of thiophene rings is 1. The summed E-state index contributed by atoms with van der Waals surface area (Å²) in [5.41, 5.74) is 6.69. The van der Waals surface area contributed by atoms with E-state index < -0.39 is 11.9 Å². The Bertz CT molecular complexity index is 1150. The predicted octanol–water partition coefficient (Wildman–Crippen LogP) is 2.85. The second-order valence-electron chi connectivity index (χ2n) is 6.39. The van der Waals surface area contributed by atoms with Gasteiger partial charge in [0.25, 0.3) is 5.91 Å². The molecule has 0 aliphatic heterocycles. The van der Waals surface area contributed by atoms with Crippen molar-refractivity contribution in [2.24, 2.45) is 5.73 Å². The minimum absolute atomic E-state index is 0.0198. The summed E-state index contributed by atoms with van der Waals surface area (Å²) in [4.78, 5) is 36.5. The van der Waals surface area contributed by atoms with Crippen LogP contribution in [-0.2, 0) is 16.1 Å². The monoisotopic (exact) mass is 463 g/mol. The molecule has 0 unspecified atom stereocenters. The van der Waals surface area contributed by atoms with Gasteiger partial charge in [-0.25, -0.2) is 4.79 Å². The highest BCUT2D eigenvalue weighted by molar-refractivity contribution is 7.99. The molecular formula is C19H21N5O5S2. The second kappa shape index (κ2) is 9.35. The average molecular weight is 464 g/mol. The molecule has 0 aliphatic carbocycles. The number of carbonyl (C=O) groups excluding carboxylic acids is 3. The molecule has 0 bridgehead atoms. The highest BCUT2D eigenvalue weighted by Crippen LogP contribution is 2.34. The van der Waals surface area contributed by atoms with Gasteiger partial charge in [-0.3, -0.25) is 9.59 Å². The van der Waals surface area contributed by atoms with Crippen LogP contribution in [0, 0.1) is 13.8 Å². The number of anilines is 1. The smallest absolute Gasteiger partial charge is 0.341 e. The zero-order valence-corrected chi connectivity index (χ0v) is 19.0. The SMILES string of the molecule is CCn1c(SCC(=O)Nc2sc(C(N)=O)c(C)c2C(=O)OC)nnc1-c1ccoc1C. The summed E-state index contributed by atoms with van der Waals surface area (Å²) in [6, 6.07) is 1.82. The van der Waals surface area contributed by atoms with E-state index in [0.29, 0.717) is 23.1 Å².